The van der Waals surface area contributed by atoms with Gasteiger partial charge in [-0.25, -0.2) is 13.9 Å². The first-order valence-electron chi connectivity index (χ1n) is 9.92. The number of rotatable bonds is 4. The van der Waals surface area contributed by atoms with Gasteiger partial charge in [0.1, 0.15) is 11.5 Å². The Hall–Kier alpha value is -4.46. The molecule has 0 aliphatic carbocycles. The Labute approximate surface area is 181 Å². The van der Waals surface area contributed by atoms with E-state index in [-0.39, 0.29) is 17.4 Å². The van der Waals surface area contributed by atoms with Crippen LogP contribution >= 0.6 is 0 Å². The Morgan fingerprint density at radius 2 is 1.69 bits per heavy atom. The van der Waals surface area contributed by atoms with E-state index in [0.717, 1.165) is 11.1 Å². The van der Waals surface area contributed by atoms with E-state index in [0.29, 0.717) is 33.7 Å². The third-order valence-corrected chi connectivity index (χ3v) is 5.15. The molecule has 2 aromatic heterocycles. The second-order valence-corrected chi connectivity index (χ2v) is 7.47. The van der Waals surface area contributed by atoms with Crippen LogP contribution in [0.3, 0.4) is 0 Å². The molecule has 0 aliphatic rings. The van der Waals surface area contributed by atoms with E-state index in [2.05, 4.69) is 20.4 Å². The van der Waals surface area contributed by atoms with Crippen molar-refractivity contribution in [1.82, 2.24) is 19.7 Å². The molecule has 3 N–H and O–H groups in total. The zero-order valence-electron chi connectivity index (χ0n) is 17.0. The van der Waals surface area contributed by atoms with Crippen LogP contribution in [0, 0.1) is 12.7 Å². The van der Waals surface area contributed by atoms with E-state index in [4.69, 9.17) is 0 Å². The highest BCUT2D eigenvalue weighted by Gasteiger charge is 2.19. The Balaban J connectivity index is 1.55. The number of carbonyl (C=O) groups is 1. The maximum Gasteiger partial charge on any atom is 0.323 e. The smallest absolute Gasteiger partial charge is 0.322 e. The molecule has 0 saturated heterocycles. The van der Waals surface area contributed by atoms with Gasteiger partial charge >= 0.3 is 5.69 Å². The van der Waals surface area contributed by atoms with Crippen LogP contribution in [-0.4, -0.2) is 25.7 Å². The fourth-order valence-electron chi connectivity index (χ4n) is 3.50. The van der Waals surface area contributed by atoms with E-state index in [1.807, 2.05) is 31.2 Å². The number of nitrogens with one attached hydrogen (secondary N) is 3. The first kappa shape index (κ1) is 19.5. The van der Waals surface area contributed by atoms with Crippen molar-refractivity contribution in [3.05, 3.63) is 100 Å². The van der Waals surface area contributed by atoms with Crippen molar-refractivity contribution in [2.45, 2.75) is 6.92 Å². The van der Waals surface area contributed by atoms with Crippen molar-refractivity contribution in [3.8, 4) is 16.9 Å². The molecule has 0 spiro atoms. The van der Waals surface area contributed by atoms with Crippen molar-refractivity contribution in [2.24, 2.45) is 0 Å². The molecular weight excluding hydrogens is 409 g/mol. The number of fused-ring (bicyclic) bond motifs is 1. The van der Waals surface area contributed by atoms with Crippen molar-refractivity contribution in [1.29, 1.82) is 0 Å². The van der Waals surface area contributed by atoms with Crippen molar-refractivity contribution >= 4 is 22.6 Å². The number of hydrogen-bond acceptors (Lipinski definition) is 3. The summed E-state index contributed by atoms with van der Waals surface area (Å²) < 4.78 is 14.9. The number of aromatic amines is 2. The van der Waals surface area contributed by atoms with Crippen LogP contribution in [0.5, 0.6) is 0 Å². The molecule has 32 heavy (non-hydrogen) atoms. The van der Waals surface area contributed by atoms with Gasteiger partial charge < -0.3 is 15.3 Å². The summed E-state index contributed by atoms with van der Waals surface area (Å²) in [6, 6.07) is 18.7. The number of aryl methyl sites for hydroxylation is 1. The molecule has 2 heterocycles. The molecule has 5 rings (SSSR count). The summed E-state index contributed by atoms with van der Waals surface area (Å²) in [5, 5.41) is 7.47. The van der Waals surface area contributed by atoms with Crippen LogP contribution in [0.25, 0.3) is 28.0 Å². The van der Waals surface area contributed by atoms with Crippen LogP contribution in [0.2, 0.25) is 0 Å². The highest BCUT2D eigenvalue weighted by atomic mass is 19.1. The van der Waals surface area contributed by atoms with E-state index in [9.17, 15) is 14.0 Å². The first-order valence-corrected chi connectivity index (χ1v) is 9.92. The van der Waals surface area contributed by atoms with Gasteiger partial charge in [-0.05, 0) is 49.4 Å². The summed E-state index contributed by atoms with van der Waals surface area (Å²) in [4.78, 5) is 30.0. The first-order chi connectivity index (χ1) is 15.5. The third kappa shape index (κ3) is 3.69. The standard InChI is InChI=1S/C24H18FN5O2/c1-14-2-4-15(5-3-14)22-19(13-30(29-22)18-9-6-16(25)7-10-18)23(31)26-17-8-11-20-21(12-17)28-24(32)27-20/h2-13H,1H3,(H,26,31)(H2,27,28,32). The molecule has 0 fully saturated rings. The van der Waals surface area contributed by atoms with Crippen LogP contribution in [0.15, 0.2) is 77.7 Å². The maximum absolute atomic E-state index is 13.4. The number of carbonyl (C=O) groups excluding carboxylic acids is 1. The van der Waals surface area contributed by atoms with Gasteiger partial charge in [-0.3, -0.25) is 4.79 Å². The Bertz CT molecular complexity index is 1490. The summed E-state index contributed by atoms with van der Waals surface area (Å²) in [6.45, 7) is 1.98. The number of aromatic nitrogens is 4. The topological polar surface area (TPSA) is 95.6 Å². The number of halogens is 1. The molecule has 0 atom stereocenters. The molecule has 3 aromatic carbocycles. The van der Waals surface area contributed by atoms with Crippen molar-refractivity contribution in [3.63, 3.8) is 0 Å². The second-order valence-electron chi connectivity index (χ2n) is 7.47. The molecular formula is C24H18FN5O2. The average Bonchev–Trinajstić information content (AvgIpc) is 3.38. The molecule has 8 heteroatoms. The molecule has 7 nitrogen and oxygen atoms in total. The lowest BCUT2D eigenvalue weighted by Crippen LogP contribution is -2.12. The maximum atomic E-state index is 13.4. The number of imidazole rings is 1. The van der Waals surface area contributed by atoms with Crippen LogP contribution < -0.4 is 11.0 Å². The number of amides is 1. The lowest BCUT2D eigenvalue weighted by Gasteiger charge is -2.06. The van der Waals surface area contributed by atoms with E-state index in [1.165, 1.54) is 12.1 Å². The van der Waals surface area contributed by atoms with Gasteiger partial charge in [0.15, 0.2) is 0 Å². The fraction of sp³-hybridized carbons (Fsp3) is 0.0417. The van der Waals surface area contributed by atoms with Crippen molar-refractivity contribution in [2.75, 3.05) is 5.32 Å². The van der Waals surface area contributed by atoms with Gasteiger partial charge in [-0.1, -0.05) is 29.8 Å². The summed E-state index contributed by atoms with van der Waals surface area (Å²) in [5.74, 6) is -0.706. The highest BCUT2D eigenvalue weighted by Crippen LogP contribution is 2.26. The van der Waals surface area contributed by atoms with Crippen LogP contribution in [0.4, 0.5) is 10.1 Å². The lowest BCUT2D eigenvalue weighted by atomic mass is 10.1. The minimum Gasteiger partial charge on any atom is -0.322 e. The minimum atomic E-state index is -0.355. The van der Waals surface area contributed by atoms with Crippen molar-refractivity contribution < 1.29 is 9.18 Å². The molecule has 0 unspecified atom stereocenters. The normalized spacial score (nSPS) is 11.1. The summed E-state index contributed by atoms with van der Waals surface area (Å²) in [5.41, 5.74) is 4.83. The fourth-order valence-corrected chi connectivity index (χ4v) is 3.50. The molecule has 1 amide bonds. The zero-order chi connectivity index (χ0) is 22.2. The van der Waals surface area contributed by atoms with E-state index < -0.39 is 0 Å². The third-order valence-electron chi connectivity index (χ3n) is 5.15. The van der Waals surface area contributed by atoms with Gasteiger partial charge in [0, 0.05) is 17.4 Å². The molecule has 5 aromatic rings. The number of H-pyrrole nitrogens is 2. The Morgan fingerprint density at radius 3 is 2.44 bits per heavy atom. The predicted molar refractivity (Wildman–Crippen MR) is 121 cm³/mol. The van der Waals surface area contributed by atoms with Gasteiger partial charge in [0.2, 0.25) is 0 Å². The highest BCUT2D eigenvalue weighted by molar-refractivity contribution is 6.08. The summed E-state index contributed by atoms with van der Waals surface area (Å²) >= 11 is 0. The van der Waals surface area contributed by atoms with E-state index >= 15 is 0 Å². The lowest BCUT2D eigenvalue weighted by molar-refractivity contribution is 0.102. The second kappa shape index (κ2) is 7.66. The molecule has 158 valence electrons. The largest absolute Gasteiger partial charge is 0.323 e. The molecule has 0 radical (unpaired) electrons. The number of benzene rings is 3. The van der Waals surface area contributed by atoms with Crippen LogP contribution in [-0.2, 0) is 0 Å². The Morgan fingerprint density at radius 1 is 0.969 bits per heavy atom. The predicted octanol–water partition coefficient (Wildman–Crippen LogP) is 4.41. The van der Waals surface area contributed by atoms with Gasteiger partial charge in [-0.15, -0.1) is 0 Å². The number of anilines is 1. The van der Waals surface area contributed by atoms with Crippen LogP contribution in [0.1, 0.15) is 15.9 Å². The quantitative estimate of drug-likeness (QED) is 0.396. The van der Waals surface area contributed by atoms with Gasteiger partial charge in [0.25, 0.3) is 5.91 Å². The van der Waals surface area contributed by atoms with E-state index in [1.54, 1.807) is 41.2 Å². The zero-order valence-corrected chi connectivity index (χ0v) is 17.0. The van der Waals surface area contributed by atoms with Gasteiger partial charge in [-0.2, -0.15) is 5.10 Å². The number of nitrogens with zero attached hydrogens (tertiary/aromatic N) is 2. The minimum absolute atomic E-state index is 0.314. The molecule has 0 bridgehead atoms. The SMILES string of the molecule is Cc1ccc(-c2nn(-c3ccc(F)cc3)cc2C(=O)Nc2ccc3[nH]c(=O)[nH]c3c2)cc1. The molecule has 0 saturated carbocycles. The summed E-state index contributed by atoms with van der Waals surface area (Å²) in [7, 11) is 0. The molecule has 0 aliphatic heterocycles. The monoisotopic (exact) mass is 427 g/mol. The Kier molecular flexibility index (Phi) is 4.67. The number of hydrogen-bond donors (Lipinski definition) is 3. The van der Waals surface area contributed by atoms with Gasteiger partial charge in [0.05, 0.1) is 22.3 Å². The average molecular weight is 427 g/mol. The summed E-state index contributed by atoms with van der Waals surface area (Å²) in [6.07, 6.45) is 1.62.